The van der Waals surface area contributed by atoms with Crippen molar-refractivity contribution in [3.63, 3.8) is 0 Å². The largest absolute Gasteiger partial charge is 0.451 e. The second-order valence-corrected chi connectivity index (χ2v) is 8.90. The molecule has 3 heterocycles. The number of aliphatic hydroxyl groups is 2. The molecule has 0 saturated carbocycles. The number of hydrogen-bond acceptors (Lipinski definition) is 5. The van der Waals surface area contributed by atoms with Gasteiger partial charge in [-0.2, -0.15) is 0 Å². The van der Waals surface area contributed by atoms with Crippen molar-refractivity contribution in [1.29, 1.82) is 0 Å². The van der Waals surface area contributed by atoms with Crippen LogP contribution in [0.4, 0.5) is 0 Å². The van der Waals surface area contributed by atoms with E-state index in [4.69, 9.17) is 4.42 Å². The van der Waals surface area contributed by atoms with Gasteiger partial charge in [0.25, 0.3) is 5.91 Å². The lowest BCUT2D eigenvalue weighted by Gasteiger charge is -2.33. The molecule has 1 aromatic heterocycles. The lowest BCUT2D eigenvalue weighted by Crippen LogP contribution is -2.40. The zero-order valence-corrected chi connectivity index (χ0v) is 17.4. The van der Waals surface area contributed by atoms with Crippen molar-refractivity contribution in [3.05, 3.63) is 35.1 Å². The monoisotopic (exact) mass is 400 g/mol. The molecular weight excluding hydrogens is 368 g/mol. The maximum atomic E-state index is 13.2. The van der Waals surface area contributed by atoms with E-state index in [-0.39, 0.29) is 31.0 Å². The fourth-order valence-corrected chi connectivity index (χ4v) is 4.88. The number of carbonyl (C=O) groups is 1. The number of piperidine rings is 1. The molecule has 1 aromatic carbocycles. The van der Waals surface area contributed by atoms with E-state index in [2.05, 4.69) is 4.90 Å². The zero-order chi connectivity index (χ0) is 20.5. The highest BCUT2D eigenvalue weighted by atomic mass is 16.3. The predicted molar refractivity (Wildman–Crippen MR) is 112 cm³/mol. The number of benzene rings is 1. The average Bonchev–Trinajstić information content (AvgIpc) is 3.28. The number of furan rings is 1. The number of likely N-dealkylation sites (tertiary alicyclic amines) is 2. The Labute approximate surface area is 172 Å². The van der Waals surface area contributed by atoms with E-state index < -0.39 is 0 Å². The average molecular weight is 401 g/mol. The van der Waals surface area contributed by atoms with Crippen LogP contribution in [0.25, 0.3) is 11.0 Å². The van der Waals surface area contributed by atoms with Gasteiger partial charge in [0.05, 0.1) is 0 Å². The van der Waals surface area contributed by atoms with Crippen molar-refractivity contribution in [2.75, 3.05) is 45.9 Å². The molecule has 0 spiro atoms. The van der Waals surface area contributed by atoms with E-state index in [1.807, 2.05) is 36.9 Å². The molecule has 29 heavy (non-hydrogen) atoms. The number of fused-ring (bicyclic) bond motifs is 1. The number of hydrogen-bond donors (Lipinski definition) is 2. The van der Waals surface area contributed by atoms with Gasteiger partial charge in [-0.15, -0.1) is 0 Å². The fraction of sp³-hybridized carbons (Fsp3) is 0.609. The van der Waals surface area contributed by atoms with Crippen molar-refractivity contribution >= 4 is 16.9 Å². The molecule has 2 aromatic rings. The fourth-order valence-electron chi connectivity index (χ4n) is 4.88. The minimum atomic E-state index is -0.0729. The number of aliphatic hydroxyl groups excluding tert-OH is 2. The SMILES string of the molecule is Cc1ccc2c(C)c(C(=O)N3C[C@@H](CO)[C@@H](CN4CCC(CO)CC4)C3)oc2c1. The lowest BCUT2D eigenvalue weighted by molar-refractivity contribution is 0.0746. The third-order valence-electron chi connectivity index (χ3n) is 6.84. The summed E-state index contributed by atoms with van der Waals surface area (Å²) in [7, 11) is 0. The van der Waals surface area contributed by atoms with Gasteiger partial charge in [0.1, 0.15) is 5.58 Å². The molecule has 2 aliphatic rings. The summed E-state index contributed by atoms with van der Waals surface area (Å²) < 4.78 is 5.94. The van der Waals surface area contributed by atoms with Gasteiger partial charge in [0, 0.05) is 49.7 Å². The minimum absolute atomic E-state index is 0.0729. The van der Waals surface area contributed by atoms with Gasteiger partial charge in [0.2, 0.25) is 0 Å². The van der Waals surface area contributed by atoms with E-state index in [0.717, 1.165) is 54.6 Å². The van der Waals surface area contributed by atoms with E-state index in [9.17, 15) is 15.0 Å². The molecular formula is C23H32N2O4. The van der Waals surface area contributed by atoms with Gasteiger partial charge in [-0.3, -0.25) is 4.79 Å². The third-order valence-corrected chi connectivity index (χ3v) is 6.84. The van der Waals surface area contributed by atoms with Gasteiger partial charge >= 0.3 is 0 Å². The van der Waals surface area contributed by atoms with Crippen molar-refractivity contribution < 1.29 is 19.4 Å². The lowest BCUT2D eigenvalue weighted by atomic mass is 9.93. The molecule has 1 amide bonds. The standard InChI is InChI=1S/C23H32N2O4/c1-15-3-4-20-16(2)22(29-21(20)9-15)23(28)25-11-18(19(12-25)14-27)10-24-7-5-17(13-26)6-8-24/h3-4,9,17-19,26-27H,5-8,10-14H2,1-2H3/t18-,19-/m0/s1. The van der Waals surface area contributed by atoms with E-state index in [1.165, 1.54) is 0 Å². The molecule has 2 aliphatic heterocycles. The number of carbonyl (C=O) groups excluding carboxylic acids is 1. The molecule has 0 radical (unpaired) electrons. The summed E-state index contributed by atoms with van der Waals surface area (Å²) in [5, 5.41) is 20.2. The summed E-state index contributed by atoms with van der Waals surface area (Å²) in [6.07, 6.45) is 2.04. The maximum Gasteiger partial charge on any atom is 0.289 e. The first-order chi connectivity index (χ1) is 14.0. The molecule has 0 bridgehead atoms. The van der Waals surface area contributed by atoms with Crippen LogP contribution >= 0.6 is 0 Å². The molecule has 2 fully saturated rings. The summed E-state index contributed by atoms with van der Waals surface area (Å²) in [6.45, 7) is 8.41. The van der Waals surface area contributed by atoms with Crippen molar-refractivity contribution in [3.8, 4) is 0 Å². The molecule has 4 rings (SSSR count). The van der Waals surface area contributed by atoms with Gasteiger partial charge in [-0.1, -0.05) is 12.1 Å². The van der Waals surface area contributed by atoms with Crippen LogP contribution in [-0.4, -0.2) is 71.9 Å². The Hall–Kier alpha value is -1.89. The number of amides is 1. The molecule has 2 atom stereocenters. The third kappa shape index (κ3) is 4.06. The van der Waals surface area contributed by atoms with Gasteiger partial charge in [0.15, 0.2) is 5.76 Å². The summed E-state index contributed by atoms with van der Waals surface area (Å²) >= 11 is 0. The first-order valence-electron chi connectivity index (χ1n) is 10.7. The second-order valence-electron chi connectivity index (χ2n) is 8.90. The smallest absolute Gasteiger partial charge is 0.289 e. The Bertz CT molecular complexity index is 869. The molecule has 2 saturated heterocycles. The van der Waals surface area contributed by atoms with Crippen molar-refractivity contribution in [1.82, 2.24) is 9.80 Å². The van der Waals surface area contributed by atoms with Crippen LogP contribution in [0.1, 0.15) is 34.5 Å². The van der Waals surface area contributed by atoms with Crippen LogP contribution in [0.2, 0.25) is 0 Å². The number of aryl methyl sites for hydroxylation is 2. The van der Waals surface area contributed by atoms with Crippen LogP contribution in [0.5, 0.6) is 0 Å². The van der Waals surface area contributed by atoms with E-state index >= 15 is 0 Å². The van der Waals surface area contributed by atoms with Gasteiger partial charge in [-0.05, 0) is 63.2 Å². The van der Waals surface area contributed by atoms with Gasteiger partial charge < -0.3 is 24.4 Å². The van der Waals surface area contributed by atoms with Crippen LogP contribution in [0.3, 0.4) is 0 Å². The summed E-state index contributed by atoms with van der Waals surface area (Å²) in [5.41, 5.74) is 2.75. The van der Waals surface area contributed by atoms with Crippen LogP contribution < -0.4 is 0 Å². The highest BCUT2D eigenvalue weighted by Crippen LogP contribution is 2.31. The first kappa shape index (κ1) is 20.4. The van der Waals surface area contributed by atoms with E-state index in [1.54, 1.807) is 0 Å². The predicted octanol–water partition coefficient (Wildman–Crippen LogP) is 2.43. The number of rotatable bonds is 5. The topological polar surface area (TPSA) is 77.2 Å². The Morgan fingerprint density at radius 3 is 2.52 bits per heavy atom. The Morgan fingerprint density at radius 2 is 1.83 bits per heavy atom. The van der Waals surface area contributed by atoms with E-state index in [0.29, 0.717) is 24.8 Å². The maximum absolute atomic E-state index is 13.2. The van der Waals surface area contributed by atoms with Gasteiger partial charge in [-0.25, -0.2) is 0 Å². The summed E-state index contributed by atoms with van der Waals surface area (Å²) in [4.78, 5) is 17.5. The normalized spacial score (nSPS) is 23.9. The Kier molecular flexibility index (Phi) is 5.95. The molecule has 0 unspecified atom stereocenters. The Morgan fingerprint density at radius 1 is 1.10 bits per heavy atom. The van der Waals surface area contributed by atoms with Crippen molar-refractivity contribution in [2.24, 2.45) is 17.8 Å². The molecule has 158 valence electrons. The number of nitrogens with zero attached hydrogens (tertiary/aromatic N) is 2. The minimum Gasteiger partial charge on any atom is -0.451 e. The Balaban J connectivity index is 1.45. The highest BCUT2D eigenvalue weighted by Gasteiger charge is 2.38. The quantitative estimate of drug-likeness (QED) is 0.806. The molecule has 6 nitrogen and oxygen atoms in total. The summed E-state index contributed by atoms with van der Waals surface area (Å²) in [6, 6.07) is 6.02. The highest BCUT2D eigenvalue weighted by molar-refractivity contribution is 5.99. The van der Waals surface area contributed by atoms with Crippen molar-refractivity contribution in [2.45, 2.75) is 26.7 Å². The summed E-state index contributed by atoms with van der Waals surface area (Å²) in [5.74, 6) is 1.13. The molecule has 6 heteroatoms. The second kappa shape index (κ2) is 8.46. The molecule has 2 N–H and O–H groups in total. The van der Waals surface area contributed by atoms with Crippen LogP contribution in [0.15, 0.2) is 22.6 Å². The van der Waals surface area contributed by atoms with Crippen LogP contribution in [-0.2, 0) is 0 Å². The zero-order valence-electron chi connectivity index (χ0n) is 17.4. The first-order valence-corrected chi connectivity index (χ1v) is 10.7. The van der Waals surface area contributed by atoms with Crippen LogP contribution in [0, 0.1) is 31.6 Å². The molecule has 0 aliphatic carbocycles.